The van der Waals surface area contributed by atoms with Crippen molar-refractivity contribution in [1.82, 2.24) is 4.57 Å². The zero-order chi connectivity index (χ0) is 33.5. The van der Waals surface area contributed by atoms with Gasteiger partial charge in [-0.25, -0.2) is 0 Å². The predicted octanol–water partition coefficient (Wildman–Crippen LogP) is 14.5. The van der Waals surface area contributed by atoms with Crippen LogP contribution in [0, 0.1) is 0 Å². The summed E-state index contributed by atoms with van der Waals surface area (Å²) in [5.41, 5.74) is 11.1. The highest BCUT2D eigenvalue weighted by molar-refractivity contribution is 7.26. The minimum atomic E-state index is 1.17. The van der Waals surface area contributed by atoms with Gasteiger partial charge < -0.3 is 4.57 Å². The van der Waals surface area contributed by atoms with Gasteiger partial charge in [-0.1, -0.05) is 103 Å². The molecule has 8 aromatic carbocycles. The minimum Gasteiger partial charge on any atom is -0.309 e. The van der Waals surface area contributed by atoms with E-state index in [4.69, 9.17) is 0 Å². The molecule has 0 radical (unpaired) electrons. The summed E-state index contributed by atoms with van der Waals surface area (Å²) in [7, 11) is 0. The Hall–Kier alpha value is -6.00. The van der Waals surface area contributed by atoms with Gasteiger partial charge in [-0.15, -0.1) is 22.7 Å². The van der Waals surface area contributed by atoms with Gasteiger partial charge in [-0.2, -0.15) is 0 Å². The summed E-state index contributed by atoms with van der Waals surface area (Å²) < 4.78 is 7.73. The molecule has 51 heavy (non-hydrogen) atoms. The highest BCUT2D eigenvalue weighted by Gasteiger charge is 2.15. The SMILES string of the molecule is c1ccc(-c2ccc(-n3c4ccccc4c4cc(-c5ccc6sc7ccc(-c8ccc9sc%10ccccc%10c9c8)cc7c6c5)ccc43)cc2)cc1. The van der Waals surface area contributed by atoms with E-state index in [9.17, 15) is 0 Å². The number of hydrogen-bond donors (Lipinski definition) is 0. The Balaban J connectivity index is 1.01. The summed E-state index contributed by atoms with van der Waals surface area (Å²) >= 11 is 3.75. The number of rotatable bonds is 4. The summed E-state index contributed by atoms with van der Waals surface area (Å²) in [6.07, 6.45) is 0. The molecular weight excluding hydrogens is 655 g/mol. The van der Waals surface area contributed by atoms with Crippen LogP contribution in [0.1, 0.15) is 0 Å². The summed E-state index contributed by atoms with van der Waals surface area (Å²) in [6.45, 7) is 0. The molecule has 0 aliphatic carbocycles. The summed E-state index contributed by atoms with van der Waals surface area (Å²) in [6, 6.07) is 64.9. The van der Waals surface area contributed by atoms with Crippen molar-refractivity contribution < 1.29 is 0 Å². The average Bonchev–Trinajstić information content (AvgIpc) is 3.86. The van der Waals surface area contributed by atoms with Gasteiger partial charge in [0, 0.05) is 56.8 Å². The second kappa shape index (κ2) is 11.3. The number of nitrogens with zero attached hydrogens (tertiary/aromatic N) is 1. The van der Waals surface area contributed by atoms with Gasteiger partial charge in [0.25, 0.3) is 0 Å². The van der Waals surface area contributed by atoms with Gasteiger partial charge in [-0.3, -0.25) is 0 Å². The molecule has 0 fully saturated rings. The number of fused-ring (bicyclic) bond motifs is 9. The molecule has 1 nitrogen and oxygen atoms in total. The minimum absolute atomic E-state index is 1.17. The van der Waals surface area contributed by atoms with Crippen LogP contribution in [0.25, 0.3) is 101 Å². The number of benzene rings is 8. The Labute approximate surface area is 302 Å². The van der Waals surface area contributed by atoms with Crippen LogP contribution < -0.4 is 0 Å². The Kier molecular flexibility index (Phi) is 6.36. The molecule has 3 aromatic heterocycles. The fourth-order valence-electron chi connectivity index (χ4n) is 7.91. The summed E-state index contributed by atoms with van der Waals surface area (Å²) in [5, 5.41) is 7.85. The third kappa shape index (κ3) is 4.59. The molecule has 238 valence electrons. The monoisotopic (exact) mass is 683 g/mol. The molecule has 0 aliphatic heterocycles. The molecular formula is C48H29NS2. The van der Waals surface area contributed by atoms with Crippen molar-refractivity contribution in [1.29, 1.82) is 0 Å². The average molecular weight is 684 g/mol. The van der Waals surface area contributed by atoms with Gasteiger partial charge in [0.15, 0.2) is 0 Å². The molecule has 0 bridgehead atoms. The second-order valence-electron chi connectivity index (χ2n) is 13.3. The van der Waals surface area contributed by atoms with Crippen molar-refractivity contribution in [2.45, 2.75) is 0 Å². The van der Waals surface area contributed by atoms with E-state index in [1.807, 2.05) is 22.7 Å². The van der Waals surface area contributed by atoms with Crippen molar-refractivity contribution in [3.63, 3.8) is 0 Å². The van der Waals surface area contributed by atoms with Crippen LogP contribution in [-0.2, 0) is 0 Å². The lowest BCUT2D eigenvalue weighted by Gasteiger charge is -2.10. The maximum Gasteiger partial charge on any atom is 0.0541 e. The van der Waals surface area contributed by atoms with Crippen molar-refractivity contribution in [2.24, 2.45) is 0 Å². The Morgan fingerprint density at radius 1 is 0.275 bits per heavy atom. The van der Waals surface area contributed by atoms with Crippen molar-refractivity contribution in [2.75, 3.05) is 0 Å². The summed E-state index contributed by atoms with van der Waals surface area (Å²) in [5.74, 6) is 0. The number of hydrogen-bond acceptors (Lipinski definition) is 2. The lowest BCUT2D eigenvalue weighted by atomic mass is 9.98. The van der Waals surface area contributed by atoms with Crippen LogP contribution in [-0.4, -0.2) is 4.57 Å². The number of aromatic nitrogens is 1. The maximum atomic E-state index is 2.40. The van der Waals surface area contributed by atoms with E-state index in [0.29, 0.717) is 0 Å². The molecule has 0 amide bonds. The van der Waals surface area contributed by atoms with Crippen LogP contribution >= 0.6 is 22.7 Å². The molecule has 0 unspecified atom stereocenters. The van der Waals surface area contributed by atoms with E-state index in [0.717, 1.165) is 0 Å². The van der Waals surface area contributed by atoms with Gasteiger partial charge in [0.1, 0.15) is 0 Å². The fourth-order valence-corrected chi connectivity index (χ4v) is 10.1. The standard InChI is InChI=1S/C48H29NS2/c1-2-8-30(9-3-1)31-14-20-36(21-15-31)49-43-12-6-4-10-37(43)39-26-32(16-22-44(39)49)34-18-24-47-41(28-34)42-29-35(19-25-48(42)51-47)33-17-23-46-40(27-33)38-11-5-7-13-45(38)50-46/h1-29H. The Morgan fingerprint density at radius 3 is 1.35 bits per heavy atom. The summed E-state index contributed by atoms with van der Waals surface area (Å²) in [4.78, 5) is 0. The lowest BCUT2D eigenvalue weighted by Crippen LogP contribution is -1.93. The third-order valence-electron chi connectivity index (χ3n) is 10.4. The van der Waals surface area contributed by atoms with E-state index in [1.165, 1.54) is 101 Å². The van der Waals surface area contributed by atoms with Crippen LogP contribution in [0.3, 0.4) is 0 Å². The molecule has 11 rings (SSSR count). The molecule has 0 spiro atoms. The first-order valence-corrected chi connectivity index (χ1v) is 19.0. The first-order valence-electron chi connectivity index (χ1n) is 17.3. The highest BCUT2D eigenvalue weighted by atomic mass is 32.1. The normalized spacial score (nSPS) is 11.9. The van der Waals surface area contributed by atoms with Gasteiger partial charge in [0.2, 0.25) is 0 Å². The van der Waals surface area contributed by atoms with Crippen molar-refractivity contribution in [3.05, 3.63) is 176 Å². The second-order valence-corrected chi connectivity index (χ2v) is 15.5. The smallest absolute Gasteiger partial charge is 0.0541 e. The first-order chi connectivity index (χ1) is 25.2. The van der Waals surface area contributed by atoms with Gasteiger partial charge in [0.05, 0.1) is 11.0 Å². The molecule has 0 atom stereocenters. The van der Waals surface area contributed by atoms with Crippen LogP contribution in [0.15, 0.2) is 176 Å². The molecule has 3 heterocycles. The van der Waals surface area contributed by atoms with Crippen molar-refractivity contribution >= 4 is 84.8 Å². The molecule has 0 saturated heterocycles. The van der Waals surface area contributed by atoms with Crippen LogP contribution in [0.2, 0.25) is 0 Å². The first kappa shape index (κ1) is 28.8. The van der Waals surface area contributed by atoms with E-state index in [1.54, 1.807) is 0 Å². The molecule has 3 heteroatoms. The van der Waals surface area contributed by atoms with Gasteiger partial charge >= 0.3 is 0 Å². The topological polar surface area (TPSA) is 4.93 Å². The van der Waals surface area contributed by atoms with Crippen LogP contribution in [0.4, 0.5) is 0 Å². The third-order valence-corrected chi connectivity index (χ3v) is 12.7. The molecule has 0 saturated carbocycles. The zero-order valence-electron chi connectivity index (χ0n) is 27.5. The molecule has 0 aliphatic rings. The number of thiophene rings is 2. The Morgan fingerprint density at radius 2 is 0.706 bits per heavy atom. The predicted molar refractivity (Wildman–Crippen MR) is 223 cm³/mol. The van der Waals surface area contributed by atoms with E-state index in [-0.39, 0.29) is 0 Å². The highest BCUT2D eigenvalue weighted by Crippen LogP contribution is 2.42. The van der Waals surface area contributed by atoms with E-state index >= 15 is 0 Å². The van der Waals surface area contributed by atoms with Gasteiger partial charge in [-0.05, 0) is 106 Å². The fraction of sp³-hybridized carbons (Fsp3) is 0. The molecule has 11 aromatic rings. The largest absolute Gasteiger partial charge is 0.309 e. The quantitative estimate of drug-likeness (QED) is 0.174. The van der Waals surface area contributed by atoms with Crippen LogP contribution in [0.5, 0.6) is 0 Å². The lowest BCUT2D eigenvalue weighted by molar-refractivity contribution is 1.18. The maximum absolute atomic E-state index is 2.40. The number of para-hydroxylation sites is 1. The van der Waals surface area contributed by atoms with E-state index in [2.05, 4.69) is 180 Å². The Bertz CT molecular complexity index is 3120. The van der Waals surface area contributed by atoms with Crippen molar-refractivity contribution in [3.8, 4) is 39.1 Å². The molecule has 0 N–H and O–H groups in total. The zero-order valence-corrected chi connectivity index (χ0v) is 29.1. The van der Waals surface area contributed by atoms with E-state index < -0.39 is 0 Å².